The number of nitrogens with zero attached hydrogens (tertiary/aromatic N) is 2. The summed E-state index contributed by atoms with van der Waals surface area (Å²) in [6, 6.07) is 42.9. The molecule has 6 aromatic rings. The number of rotatable bonds is 3. The highest BCUT2D eigenvalue weighted by atomic mass is 15.2. The lowest BCUT2D eigenvalue weighted by molar-refractivity contribution is 0.568. The fourth-order valence-corrected chi connectivity index (χ4v) is 9.45. The van der Waals surface area contributed by atoms with Gasteiger partial charge in [0.05, 0.1) is 0 Å². The molecule has 0 aromatic heterocycles. The Bertz CT molecular complexity index is 2360. The molecule has 0 spiro atoms. The Hall–Kier alpha value is -5.02. The minimum Gasteiger partial charge on any atom is -0.311 e. The van der Waals surface area contributed by atoms with E-state index in [1.807, 2.05) is 0 Å². The zero-order valence-corrected chi connectivity index (χ0v) is 37.9. The zero-order chi connectivity index (χ0) is 41.9. The Morgan fingerprint density at radius 3 is 1.09 bits per heavy atom. The topological polar surface area (TPSA) is 6.48 Å². The monoisotopic (exact) mass is 763 g/mol. The molecule has 0 aliphatic carbocycles. The molecule has 2 nitrogen and oxygen atoms in total. The van der Waals surface area contributed by atoms with E-state index in [1.165, 1.54) is 101 Å². The standard InChI is InChI=1S/C55H63BN2/c1-34-24-35(2)50(36(3)25-34)37-26-48-51-49(27-37)58(43-32-40(54(10,11)12)29-41(33-43)55(13,14)15)47-23-19-17-21-45(47)56(51)44-20-16-18-22-46(44)57(48)42-30-38(52(4,5)6)28-39(31-42)53(7,8)9/h16-33H,1-15H3. The summed E-state index contributed by atoms with van der Waals surface area (Å²) in [6.45, 7) is 35.0. The first-order chi connectivity index (χ1) is 27.0. The van der Waals surface area contributed by atoms with Crippen molar-refractivity contribution in [2.45, 2.75) is 126 Å². The maximum atomic E-state index is 2.61. The Morgan fingerprint density at radius 1 is 0.397 bits per heavy atom. The quantitative estimate of drug-likeness (QED) is 0.165. The van der Waals surface area contributed by atoms with Gasteiger partial charge in [0, 0.05) is 34.1 Å². The predicted molar refractivity (Wildman–Crippen MR) is 255 cm³/mol. The van der Waals surface area contributed by atoms with Gasteiger partial charge in [0.1, 0.15) is 0 Å². The lowest BCUT2D eigenvalue weighted by Crippen LogP contribution is -2.61. The van der Waals surface area contributed by atoms with E-state index in [1.54, 1.807) is 0 Å². The van der Waals surface area contributed by atoms with Gasteiger partial charge in [0.15, 0.2) is 0 Å². The van der Waals surface area contributed by atoms with E-state index in [-0.39, 0.29) is 28.4 Å². The van der Waals surface area contributed by atoms with Gasteiger partial charge < -0.3 is 9.80 Å². The first kappa shape index (κ1) is 39.8. The molecule has 6 aromatic carbocycles. The smallest absolute Gasteiger partial charge is 0.252 e. The molecular formula is C55H63BN2. The van der Waals surface area contributed by atoms with Crippen LogP contribution in [0.15, 0.2) is 109 Å². The highest BCUT2D eigenvalue weighted by molar-refractivity contribution is 7.00. The molecule has 296 valence electrons. The van der Waals surface area contributed by atoms with Crippen LogP contribution in [0.25, 0.3) is 11.1 Å². The lowest BCUT2D eigenvalue weighted by atomic mass is 9.33. The van der Waals surface area contributed by atoms with Crippen LogP contribution >= 0.6 is 0 Å². The van der Waals surface area contributed by atoms with E-state index in [2.05, 4.69) is 223 Å². The molecule has 2 heterocycles. The Kier molecular flexibility index (Phi) is 9.27. The number of aryl methyl sites for hydroxylation is 3. The zero-order valence-electron chi connectivity index (χ0n) is 37.9. The average Bonchev–Trinajstić information content (AvgIpc) is 3.12. The predicted octanol–water partition coefficient (Wildman–Crippen LogP) is 13.6. The summed E-state index contributed by atoms with van der Waals surface area (Å²) in [5, 5.41) is 0. The fourth-order valence-electron chi connectivity index (χ4n) is 9.45. The summed E-state index contributed by atoms with van der Waals surface area (Å²) >= 11 is 0. The second kappa shape index (κ2) is 13.5. The first-order valence-corrected chi connectivity index (χ1v) is 21.4. The SMILES string of the molecule is Cc1cc(C)c(-c2cc3c4c(c2)N(c2cc(C(C)(C)C)cc(C(C)(C)C)c2)c2ccccc2B4c2ccccc2N3c2cc(C(C)(C)C)cc(C(C)(C)C)c2)c(C)c1. The Balaban J connectivity index is 1.54. The lowest BCUT2D eigenvalue weighted by Gasteiger charge is -2.45. The van der Waals surface area contributed by atoms with E-state index in [4.69, 9.17) is 0 Å². The van der Waals surface area contributed by atoms with Crippen LogP contribution in [-0.2, 0) is 21.7 Å². The van der Waals surface area contributed by atoms with E-state index in [0.29, 0.717) is 0 Å². The molecule has 58 heavy (non-hydrogen) atoms. The molecule has 0 unspecified atom stereocenters. The van der Waals surface area contributed by atoms with Crippen molar-refractivity contribution >= 4 is 57.2 Å². The van der Waals surface area contributed by atoms with Gasteiger partial charge >= 0.3 is 0 Å². The number of anilines is 6. The fraction of sp³-hybridized carbons (Fsp3) is 0.345. The maximum Gasteiger partial charge on any atom is 0.252 e. The van der Waals surface area contributed by atoms with Crippen molar-refractivity contribution in [3.05, 3.63) is 148 Å². The Labute approximate surface area is 350 Å². The number of para-hydroxylation sites is 2. The van der Waals surface area contributed by atoms with Gasteiger partial charge in [-0.1, -0.05) is 149 Å². The molecule has 2 aliphatic heterocycles. The van der Waals surface area contributed by atoms with Gasteiger partial charge in [-0.25, -0.2) is 0 Å². The van der Waals surface area contributed by atoms with E-state index < -0.39 is 0 Å². The van der Waals surface area contributed by atoms with Gasteiger partial charge in [0.25, 0.3) is 6.71 Å². The molecule has 0 atom stereocenters. The second-order valence-corrected chi connectivity index (χ2v) is 21.5. The van der Waals surface area contributed by atoms with Crippen molar-refractivity contribution < 1.29 is 0 Å². The van der Waals surface area contributed by atoms with E-state index in [9.17, 15) is 0 Å². The minimum absolute atomic E-state index is 0.0240. The molecule has 0 saturated carbocycles. The summed E-state index contributed by atoms with van der Waals surface area (Å²) in [5.41, 5.74) is 23.3. The van der Waals surface area contributed by atoms with Crippen LogP contribution in [0.3, 0.4) is 0 Å². The Morgan fingerprint density at radius 2 is 0.741 bits per heavy atom. The normalized spacial score (nSPS) is 14.0. The molecule has 0 bridgehead atoms. The van der Waals surface area contributed by atoms with Crippen LogP contribution in [0.1, 0.15) is 122 Å². The molecule has 0 saturated heterocycles. The molecule has 8 rings (SSSR count). The van der Waals surface area contributed by atoms with Crippen molar-refractivity contribution in [1.29, 1.82) is 0 Å². The van der Waals surface area contributed by atoms with Crippen molar-refractivity contribution in [1.82, 2.24) is 0 Å². The molecule has 0 fully saturated rings. The summed E-state index contributed by atoms with van der Waals surface area (Å²) in [6.07, 6.45) is 0. The molecule has 0 amide bonds. The van der Waals surface area contributed by atoms with Gasteiger partial charge in [-0.3, -0.25) is 0 Å². The van der Waals surface area contributed by atoms with Gasteiger partial charge in [-0.2, -0.15) is 0 Å². The van der Waals surface area contributed by atoms with Crippen molar-refractivity contribution in [2.75, 3.05) is 9.80 Å². The summed E-state index contributed by atoms with van der Waals surface area (Å²) in [5.74, 6) is 0. The minimum atomic E-state index is -0.0240. The highest BCUT2D eigenvalue weighted by Crippen LogP contribution is 2.49. The van der Waals surface area contributed by atoms with Crippen LogP contribution in [0, 0.1) is 20.8 Å². The van der Waals surface area contributed by atoms with Crippen molar-refractivity contribution in [3.63, 3.8) is 0 Å². The third-order valence-electron chi connectivity index (χ3n) is 12.7. The van der Waals surface area contributed by atoms with Crippen molar-refractivity contribution in [3.8, 4) is 11.1 Å². The molecule has 0 radical (unpaired) electrons. The molecule has 0 N–H and O–H groups in total. The van der Waals surface area contributed by atoms with Crippen LogP contribution < -0.4 is 26.2 Å². The summed E-state index contributed by atoms with van der Waals surface area (Å²) in [4.78, 5) is 5.21. The number of fused-ring (bicyclic) bond motifs is 4. The maximum absolute atomic E-state index is 2.61. The van der Waals surface area contributed by atoms with Crippen LogP contribution in [0.4, 0.5) is 34.1 Å². The summed E-state index contributed by atoms with van der Waals surface area (Å²) in [7, 11) is 0. The van der Waals surface area contributed by atoms with E-state index >= 15 is 0 Å². The highest BCUT2D eigenvalue weighted by Gasteiger charge is 2.44. The van der Waals surface area contributed by atoms with Crippen LogP contribution in [-0.4, -0.2) is 6.71 Å². The van der Waals surface area contributed by atoms with Crippen LogP contribution in [0.5, 0.6) is 0 Å². The second-order valence-electron chi connectivity index (χ2n) is 21.5. The van der Waals surface area contributed by atoms with Gasteiger partial charge in [-0.05, 0) is 152 Å². The third-order valence-corrected chi connectivity index (χ3v) is 12.7. The third kappa shape index (κ3) is 6.79. The van der Waals surface area contributed by atoms with Crippen molar-refractivity contribution in [2.24, 2.45) is 0 Å². The van der Waals surface area contributed by atoms with Gasteiger partial charge in [0.2, 0.25) is 0 Å². The van der Waals surface area contributed by atoms with E-state index in [0.717, 1.165) is 0 Å². The van der Waals surface area contributed by atoms with Gasteiger partial charge in [-0.15, -0.1) is 0 Å². The largest absolute Gasteiger partial charge is 0.311 e. The average molecular weight is 763 g/mol. The molecular weight excluding hydrogens is 699 g/mol. The number of hydrogen-bond donors (Lipinski definition) is 0. The number of benzene rings is 6. The molecule has 2 aliphatic rings. The summed E-state index contributed by atoms with van der Waals surface area (Å²) < 4.78 is 0. The van der Waals surface area contributed by atoms with Crippen LogP contribution in [0.2, 0.25) is 0 Å². The molecule has 3 heteroatoms. The number of hydrogen-bond acceptors (Lipinski definition) is 2. The first-order valence-electron chi connectivity index (χ1n) is 21.4.